The van der Waals surface area contributed by atoms with Gasteiger partial charge >= 0.3 is 0 Å². The predicted octanol–water partition coefficient (Wildman–Crippen LogP) is 4.20. The van der Waals surface area contributed by atoms with Gasteiger partial charge in [-0.1, -0.05) is 54.1 Å². The van der Waals surface area contributed by atoms with Crippen LogP contribution < -0.4 is 5.32 Å². The van der Waals surface area contributed by atoms with Gasteiger partial charge in [0.25, 0.3) is 5.91 Å². The second-order valence-corrected chi connectivity index (χ2v) is 7.02. The summed E-state index contributed by atoms with van der Waals surface area (Å²) in [6, 6.07) is 20.4. The predicted molar refractivity (Wildman–Crippen MR) is 108 cm³/mol. The number of aryl methyl sites for hydroxylation is 1. The van der Waals surface area contributed by atoms with E-state index >= 15 is 0 Å². The molecule has 1 aliphatic rings. The van der Waals surface area contributed by atoms with E-state index in [-0.39, 0.29) is 5.91 Å². The van der Waals surface area contributed by atoms with Crippen LogP contribution in [0.3, 0.4) is 0 Å². The number of carbonyl (C=O) groups is 1. The van der Waals surface area contributed by atoms with Crippen LogP contribution in [-0.2, 0) is 19.5 Å². The molecule has 4 heteroatoms. The molecule has 1 amide bonds. The standard InChI is InChI=1S/C23H23N3O/c1-17-5-4-6-18(13-17)14-24-22-10-9-20(15-25-22)23(27)26-12-11-19-7-2-3-8-21(19)16-26/h2-10,13,15H,11-12,14,16H2,1H3,(H,24,25). The fraction of sp³-hybridized carbons (Fsp3) is 0.217. The molecule has 3 aromatic rings. The summed E-state index contributed by atoms with van der Waals surface area (Å²) >= 11 is 0. The fourth-order valence-corrected chi connectivity index (χ4v) is 3.49. The second kappa shape index (κ2) is 7.62. The zero-order valence-electron chi connectivity index (χ0n) is 15.5. The van der Waals surface area contributed by atoms with Crippen molar-refractivity contribution in [2.24, 2.45) is 0 Å². The van der Waals surface area contributed by atoms with Gasteiger partial charge in [0.2, 0.25) is 0 Å². The summed E-state index contributed by atoms with van der Waals surface area (Å²) in [6.45, 7) is 4.22. The number of fused-ring (bicyclic) bond motifs is 1. The summed E-state index contributed by atoms with van der Waals surface area (Å²) in [5.41, 5.74) is 5.67. The maximum atomic E-state index is 12.8. The normalized spacial score (nSPS) is 13.1. The second-order valence-electron chi connectivity index (χ2n) is 7.02. The van der Waals surface area contributed by atoms with Gasteiger partial charge in [-0.3, -0.25) is 4.79 Å². The molecule has 0 saturated carbocycles. The molecule has 136 valence electrons. The van der Waals surface area contributed by atoms with Gasteiger partial charge in [0.15, 0.2) is 0 Å². The molecule has 2 aromatic carbocycles. The van der Waals surface area contributed by atoms with E-state index in [1.54, 1.807) is 6.20 Å². The molecule has 0 aliphatic carbocycles. The van der Waals surface area contributed by atoms with Crippen LogP contribution in [0.5, 0.6) is 0 Å². The van der Waals surface area contributed by atoms with Gasteiger partial charge in [-0.25, -0.2) is 4.98 Å². The molecule has 2 heterocycles. The van der Waals surface area contributed by atoms with Gasteiger partial charge in [-0.15, -0.1) is 0 Å². The Bertz CT molecular complexity index is 950. The maximum Gasteiger partial charge on any atom is 0.255 e. The first-order valence-corrected chi connectivity index (χ1v) is 9.30. The summed E-state index contributed by atoms with van der Waals surface area (Å²) in [6.07, 6.45) is 2.58. The Morgan fingerprint density at radius 1 is 1.07 bits per heavy atom. The van der Waals surface area contributed by atoms with Crippen LogP contribution in [0.2, 0.25) is 0 Å². The van der Waals surface area contributed by atoms with Gasteiger partial charge < -0.3 is 10.2 Å². The quantitative estimate of drug-likeness (QED) is 0.761. The highest BCUT2D eigenvalue weighted by Crippen LogP contribution is 2.20. The Morgan fingerprint density at radius 2 is 1.93 bits per heavy atom. The fourth-order valence-electron chi connectivity index (χ4n) is 3.49. The van der Waals surface area contributed by atoms with E-state index in [1.807, 2.05) is 23.1 Å². The summed E-state index contributed by atoms with van der Waals surface area (Å²) in [5, 5.41) is 3.31. The summed E-state index contributed by atoms with van der Waals surface area (Å²) in [7, 11) is 0. The van der Waals surface area contributed by atoms with Crippen molar-refractivity contribution in [2.45, 2.75) is 26.4 Å². The van der Waals surface area contributed by atoms with Crippen molar-refractivity contribution in [3.63, 3.8) is 0 Å². The van der Waals surface area contributed by atoms with Crippen LogP contribution >= 0.6 is 0 Å². The number of hydrogen-bond acceptors (Lipinski definition) is 3. The summed E-state index contributed by atoms with van der Waals surface area (Å²) in [5.74, 6) is 0.819. The Morgan fingerprint density at radius 3 is 2.70 bits per heavy atom. The topological polar surface area (TPSA) is 45.2 Å². The lowest BCUT2D eigenvalue weighted by Gasteiger charge is -2.28. The largest absolute Gasteiger partial charge is 0.366 e. The zero-order valence-corrected chi connectivity index (χ0v) is 15.5. The summed E-state index contributed by atoms with van der Waals surface area (Å²) in [4.78, 5) is 19.1. The lowest BCUT2D eigenvalue weighted by atomic mass is 9.99. The number of nitrogens with zero attached hydrogens (tertiary/aromatic N) is 2. The molecule has 0 spiro atoms. The first-order chi connectivity index (χ1) is 13.2. The van der Waals surface area contributed by atoms with Crippen LogP contribution in [0.15, 0.2) is 66.9 Å². The minimum Gasteiger partial charge on any atom is -0.366 e. The Balaban J connectivity index is 1.39. The number of amides is 1. The molecule has 1 aliphatic heterocycles. The lowest BCUT2D eigenvalue weighted by molar-refractivity contribution is 0.0734. The van der Waals surface area contributed by atoms with E-state index in [1.165, 1.54) is 22.3 Å². The summed E-state index contributed by atoms with van der Waals surface area (Å²) < 4.78 is 0. The third kappa shape index (κ3) is 4.00. The van der Waals surface area contributed by atoms with Gasteiger partial charge in [0, 0.05) is 25.8 Å². The van der Waals surface area contributed by atoms with Crippen LogP contribution in [-0.4, -0.2) is 22.3 Å². The molecule has 0 atom stereocenters. The molecule has 0 unspecified atom stereocenters. The number of hydrogen-bond donors (Lipinski definition) is 1. The monoisotopic (exact) mass is 357 g/mol. The van der Waals surface area contributed by atoms with Crippen molar-refractivity contribution in [1.82, 2.24) is 9.88 Å². The molecule has 4 nitrogen and oxygen atoms in total. The van der Waals surface area contributed by atoms with E-state index in [4.69, 9.17) is 0 Å². The highest BCUT2D eigenvalue weighted by Gasteiger charge is 2.21. The zero-order chi connectivity index (χ0) is 18.6. The first-order valence-electron chi connectivity index (χ1n) is 9.30. The molecule has 0 radical (unpaired) electrons. The Hall–Kier alpha value is -3.14. The average Bonchev–Trinajstić information content (AvgIpc) is 2.72. The van der Waals surface area contributed by atoms with Crippen LogP contribution in [0.4, 0.5) is 5.82 Å². The van der Waals surface area contributed by atoms with Crippen molar-refractivity contribution in [3.05, 3.63) is 94.7 Å². The SMILES string of the molecule is Cc1cccc(CNc2ccc(C(=O)N3CCc4ccccc4C3)cn2)c1. The number of nitrogens with one attached hydrogen (secondary N) is 1. The molecule has 1 N–H and O–H groups in total. The Kier molecular flexibility index (Phi) is 4.88. The van der Waals surface area contributed by atoms with Crippen LogP contribution in [0.25, 0.3) is 0 Å². The first kappa shape index (κ1) is 17.3. The van der Waals surface area contributed by atoms with Crippen LogP contribution in [0.1, 0.15) is 32.6 Å². The number of carbonyl (C=O) groups excluding carboxylic acids is 1. The Labute approximate surface area is 159 Å². The van der Waals surface area contributed by atoms with Gasteiger partial charge in [0.1, 0.15) is 5.82 Å². The van der Waals surface area contributed by atoms with E-state index in [0.717, 1.165) is 18.8 Å². The van der Waals surface area contributed by atoms with Crippen molar-refractivity contribution < 1.29 is 4.79 Å². The molecule has 27 heavy (non-hydrogen) atoms. The number of pyridine rings is 1. The van der Waals surface area contributed by atoms with Gasteiger partial charge in [-0.05, 0) is 42.2 Å². The van der Waals surface area contributed by atoms with E-state index in [2.05, 4.69) is 59.7 Å². The molecular formula is C23H23N3O. The third-order valence-corrected chi connectivity index (χ3v) is 4.98. The lowest BCUT2D eigenvalue weighted by Crippen LogP contribution is -2.35. The number of benzene rings is 2. The molecule has 1 aromatic heterocycles. The van der Waals surface area contributed by atoms with Crippen molar-refractivity contribution in [1.29, 1.82) is 0 Å². The molecule has 4 rings (SSSR count). The van der Waals surface area contributed by atoms with E-state index < -0.39 is 0 Å². The van der Waals surface area contributed by atoms with Crippen molar-refractivity contribution in [3.8, 4) is 0 Å². The van der Waals surface area contributed by atoms with Gasteiger partial charge in [-0.2, -0.15) is 0 Å². The van der Waals surface area contributed by atoms with Crippen molar-refractivity contribution in [2.75, 3.05) is 11.9 Å². The maximum absolute atomic E-state index is 12.8. The van der Waals surface area contributed by atoms with Gasteiger partial charge in [0.05, 0.1) is 5.56 Å². The molecule has 0 fully saturated rings. The van der Waals surface area contributed by atoms with Crippen molar-refractivity contribution >= 4 is 11.7 Å². The highest BCUT2D eigenvalue weighted by atomic mass is 16.2. The molecular weight excluding hydrogens is 334 g/mol. The average molecular weight is 357 g/mol. The van der Waals surface area contributed by atoms with E-state index in [9.17, 15) is 4.79 Å². The molecule has 0 bridgehead atoms. The number of anilines is 1. The van der Waals surface area contributed by atoms with Crippen LogP contribution in [0, 0.1) is 6.92 Å². The minimum atomic E-state index is 0.0437. The minimum absolute atomic E-state index is 0.0437. The highest BCUT2D eigenvalue weighted by molar-refractivity contribution is 5.94. The van der Waals surface area contributed by atoms with E-state index in [0.29, 0.717) is 18.7 Å². The number of rotatable bonds is 4. The number of aromatic nitrogens is 1. The third-order valence-electron chi connectivity index (χ3n) is 4.98. The molecule has 0 saturated heterocycles. The smallest absolute Gasteiger partial charge is 0.255 e.